The maximum absolute atomic E-state index is 13.6. The second kappa shape index (κ2) is 6.47. The molecule has 0 aliphatic heterocycles. The van der Waals surface area contributed by atoms with Crippen molar-refractivity contribution in [2.24, 2.45) is 0 Å². The first-order valence-electron chi connectivity index (χ1n) is 5.44. The standard InChI is InChI=1S/C13H8BrClF2N2S/c14-7-1-3-12(10(17)5-7)19-13(20)18-11-4-2-8(16)6-9(11)15/h1-6H,(H2,18,19,20). The Labute approximate surface area is 133 Å². The van der Waals surface area contributed by atoms with E-state index in [1.165, 1.54) is 18.2 Å². The van der Waals surface area contributed by atoms with Crippen LogP contribution in [0.5, 0.6) is 0 Å². The van der Waals surface area contributed by atoms with Crippen molar-refractivity contribution in [3.05, 3.63) is 57.5 Å². The Kier molecular flexibility index (Phi) is 4.91. The molecular formula is C13H8BrClF2N2S. The van der Waals surface area contributed by atoms with Gasteiger partial charge in [-0.05, 0) is 48.6 Å². The van der Waals surface area contributed by atoms with Gasteiger partial charge in [-0.15, -0.1) is 0 Å². The molecule has 2 rings (SSSR count). The minimum Gasteiger partial charge on any atom is -0.331 e. The molecule has 0 aromatic heterocycles. The normalized spacial score (nSPS) is 10.2. The summed E-state index contributed by atoms with van der Waals surface area (Å²) in [6.07, 6.45) is 0. The van der Waals surface area contributed by atoms with Crippen molar-refractivity contribution in [2.75, 3.05) is 10.6 Å². The summed E-state index contributed by atoms with van der Waals surface area (Å²) in [5.74, 6) is -0.896. The summed E-state index contributed by atoms with van der Waals surface area (Å²) in [6.45, 7) is 0. The van der Waals surface area contributed by atoms with Crippen LogP contribution in [0.3, 0.4) is 0 Å². The van der Waals surface area contributed by atoms with Gasteiger partial charge in [0, 0.05) is 4.47 Å². The van der Waals surface area contributed by atoms with Crippen LogP contribution in [0.25, 0.3) is 0 Å². The van der Waals surface area contributed by atoms with Crippen LogP contribution in [-0.4, -0.2) is 5.11 Å². The summed E-state index contributed by atoms with van der Waals surface area (Å²) < 4.78 is 27.2. The summed E-state index contributed by atoms with van der Waals surface area (Å²) in [6, 6.07) is 8.39. The number of nitrogens with one attached hydrogen (secondary N) is 2. The van der Waals surface area contributed by atoms with Gasteiger partial charge in [0.05, 0.1) is 16.4 Å². The number of hydrogen-bond donors (Lipinski definition) is 2. The topological polar surface area (TPSA) is 24.1 Å². The molecule has 0 aliphatic carbocycles. The summed E-state index contributed by atoms with van der Waals surface area (Å²) in [7, 11) is 0. The van der Waals surface area contributed by atoms with Crippen molar-refractivity contribution < 1.29 is 8.78 Å². The van der Waals surface area contributed by atoms with Crippen molar-refractivity contribution >= 4 is 56.2 Å². The molecule has 0 saturated carbocycles. The first-order valence-corrected chi connectivity index (χ1v) is 7.02. The monoisotopic (exact) mass is 376 g/mol. The van der Waals surface area contributed by atoms with Crippen molar-refractivity contribution in [3.8, 4) is 0 Å². The van der Waals surface area contributed by atoms with Crippen LogP contribution < -0.4 is 10.6 Å². The maximum Gasteiger partial charge on any atom is 0.175 e. The number of rotatable bonds is 2. The fraction of sp³-hybridized carbons (Fsp3) is 0. The molecule has 0 aliphatic rings. The Balaban J connectivity index is 2.09. The lowest BCUT2D eigenvalue weighted by Crippen LogP contribution is -2.20. The number of benzene rings is 2. The van der Waals surface area contributed by atoms with Crippen LogP contribution >= 0.6 is 39.7 Å². The van der Waals surface area contributed by atoms with Gasteiger partial charge in [-0.2, -0.15) is 0 Å². The average Bonchev–Trinajstić information content (AvgIpc) is 2.36. The Hall–Kier alpha value is -1.24. The smallest absolute Gasteiger partial charge is 0.175 e. The largest absolute Gasteiger partial charge is 0.331 e. The van der Waals surface area contributed by atoms with E-state index in [4.69, 9.17) is 23.8 Å². The number of halogens is 4. The first kappa shape index (κ1) is 15.2. The third kappa shape index (κ3) is 3.88. The lowest BCUT2D eigenvalue weighted by molar-refractivity contribution is 0.628. The predicted molar refractivity (Wildman–Crippen MR) is 85.4 cm³/mol. The van der Waals surface area contributed by atoms with E-state index >= 15 is 0 Å². The maximum atomic E-state index is 13.6. The van der Waals surface area contributed by atoms with E-state index < -0.39 is 11.6 Å². The van der Waals surface area contributed by atoms with E-state index in [2.05, 4.69) is 26.6 Å². The molecule has 104 valence electrons. The Morgan fingerprint density at radius 3 is 2.35 bits per heavy atom. The van der Waals surface area contributed by atoms with Gasteiger partial charge in [-0.3, -0.25) is 0 Å². The molecule has 0 unspecified atom stereocenters. The van der Waals surface area contributed by atoms with E-state index in [0.717, 1.165) is 6.07 Å². The van der Waals surface area contributed by atoms with Crippen molar-refractivity contribution in [3.63, 3.8) is 0 Å². The van der Waals surface area contributed by atoms with Gasteiger partial charge in [-0.25, -0.2) is 8.78 Å². The Morgan fingerprint density at radius 2 is 1.70 bits per heavy atom. The van der Waals surface area contributed by atoms with E-state index in [1.54, 1.807) is 12.1 Å². The molecule has 0 spiro atoms. The third-order valence-corrected chi connectivity index (χ3v) is 3.37. The van der Waals surface area contributed by atoms with Gasteiger partial charge in [0.1, 0.15) is 11.6 Å². The number of thiocarbonyl (C=S) groups is 1. The van der Waals surface area contributed by atoms with Crippen molar-refractivity contribution in [1.29, 1.82) is 0 Å². The molecule has 0 atom stereocenters. The first-order chi connectivity index (χ1) is 9.45. The fourth-order valence-electron chi connectivity index (χ4n) is 1.46. The Bertz CT molecular complexity index is 611. The third-order valence-electron chi connectivity index (χ3n) is 2.36. The minimum atomic E-state index is -0.450. The molecule has 0 fully saturated rings. The molecule has 7 heteroatoms. The molecule has 0 heterocycles. The van der Waals surface area contributed by atoms with Gasteiger partial charge in [-0.1, -0.05) is 27.5 Å². The van der Waals surface area contributed by atoms with Crippen LogP contribution in [0, 0.1) is 11.6 Å². The highest BCUT2D eigenvalue weighted by atomic mass is 79.9. The average molecular weight is 378 g/mol. The number of hydrogen-bond acceptors (Lipinski definition) is 1. The molecule has 2 aromatic carbocycles. The highest BCUT2D eigenvalue weighted by molar-refractivity contribution is 9.10. The number of anilines is 2. The molecule has 0 radical (unpaired) electrons. The van der Waals surface area contributed by atoms with E-state index in [1.807, 2.05) is 0 Å². The lowest BCUT2D eigenvalue weighted by atomic mass is 10.3. The minimum absolute atomic E-state index is 0.153. The van der Waals surface area contributed by atoms with Crippen molar-refractivity contribution in [1.82, 2.24) is 0 Å². The highest BCUT2D eigenvalue weighted by Gasteiger charge is 2.07. The summed E-state index contributed by atoms with van der Waals surface area (Å²) >= 11 is 14.1. The lowest BCUT2D eigenvalue weighted by Gasteiger charge is -2.12. The van der Waals surface area contributed by atoms with Gasteiger partial charge in [0.25, 0.3) is 0 Å². The second-order valence-corrected chi connectivity index (χ2v) is 5.56. The molecule has 0 amide bonds. The molecule has 2 nitrogen and oxygen atoms in total. The van der Waals surface area contributed by atoms with Crippen LogP contribution in [0.15, 0.2) is 40.9 Å². The van der Waals surface area contributed by atoms with Crippen molar-refractivity contribution in [2.45, 2.75) is 0 Å². The van der Waals surface area contributed by atoms with E-state index in [-0.39, 0.29) is 15.8 Å². The predicted octanol–water partition coefficient (Wildman–Crippen LogP) is 5.19. The molecule has 20 heavy (non-hydrogen) atoms. The molecule has 0 saturated heterocycles. The van der Waals surface area contributed by atoms with Gasteiger partial charge in [0.15, 0.2) is 5.11 Å². The van der Waals surface area contributed by atoms with Gasteiger partial charge < -0.3 is 10.6 Å². The summed E-state index contributed by atoms with van der Waals surface area (Å²) in [4.78, 5) is 0. The summed E-state index contributed by atoms with van der Waals surface area (Å²) in [5.41, 5.74) is 0.659. The van der Waals surface area contributed by atoms with Gasteiger partial charge in [0.2, 0.25) is 0 Å². The SMILES string of the molecule is Fc1ccc(NC(=S)Nc2ccc(Br)cc2F)c(Cl)c1. The van der Waals surface area contributed by atoms with Crippen LogP contribution in [-0.2, 0) is 0 Å². The van der Waals surface area contributed by atoms with E-state index in [9.17, 15) is 8.78 Å². The molecular weight excluding hydrogens is 370 g/mol. The van der Waals surface area contributed by atoms with Crippen LogP contribution in [0.4, 0.5) is 20.2 Å². The quantitative estimate of drug-likeness (QED) is 0.704. The zero-order chi connectivity index (χ0) is 14.7. The highest BCUT2D eigenvalue weighted by Crippen LogP contribution is 2.23. The molecule has 2 N–H and O–H groups in total. The van der Waals surface area contributed by atoms with Crippen LogP contribution in [0.2, 0.25) is 5.02 Å². The Morgan fingerprint density at radius 1 is 1.05 bits per heavy atom. The zero-order valence-corrected chi connectivity index (χ0v) is 13.0. The molecule has 0 bridgehead atoms. The second-order valence-electron chi connectivity index (χ2n) is 3.83. The van der Waals surface area contributed by atoms with Crippen LogP contribution in [0.1, 0.15) is 0 Å². The summed E-state index contributed by atoms with van der Waals surface area (Å²) in [5, 5.41) is 5.81. The fourth-order valence-corrected chi connectivity index (χ4v) is 2.23. The zero-order valence-electron chi connectivity index (χ0n) is 9.88. The molecule has 2 aromatic rings. The van der Waals surface area contributed by atoms with Gasteiger partial charge >= 0.3 is 0 Å². The van der Waals surface area contributed by atoms with E-state index in [0.29, 0.717) is 10.2 Å².